The van der Waals surface area contributed by atoms with E-state index in [-0.39, 0.29) is 6.04 Å². The Morgan fingerprint density at radius 1 is 1.17 bits per heavy atom. The van der Waals surface area contributed by atoms with Crippen LogP contribution in [0.5, 0.6) is 0 Å². The second kappa shape index (κ2) is 7.73. The second-order valence-electron chi connectivity index (χ2n) is 5.09. The summed E-state index contributed by atoms with van der Waals surface area (Å²) >= 11 is 1.18. The van der Waals surface area contributed by atoms with Crippen molar-refractivity contribution in [1.29, 1.82) is 0 Å². The van der Waals surface area contributed by atoms with Crippen molar-refractivity contribution in [3.8, 4) is 5.69 Å². The van der Waals surface area contributed by atoms with E-state index in [4.69, 9.17) is 0 Å². The maximum absolute atomic E-state index is 12.0. The Labute approximate surface area is 138 Å². The number of nitrogens with one attached hydrogen (secondary N) is 2. The fourth-order valence-electron chi connectivity index (χ4n) is 1.71. The molecule has 0 aliphatic carbocycles. The van der Waals surface area contributed by atoms with Gasteiger partial charge in [0.1, 0.15) is 0 Å². The topological polar surface area (TPSA) is 102 Å². The number of carbonyl (C=O) groups excluding carboxylic acids is 2. The van der Waals surface area contributed by atoms with E-state index in [2.05, 4.69) is 26.2 Å². The minimum Gasteiger partial charge on any atom is -0.336 e. The lowest BCUT2D eigenvalue weighted by atomic mass is 10.3. The number of aromatic nitrogens is 4. The Bertz CT molecular complexity index is 673. The number of amides is 3. The molecule has 0 aliphatic rings. The van der Waals surface area contributed by atoms with Gasteiger partial charge < -0.3 is 5.32 Å². The van der Waals surface area contributed by atoms with Gasteiger partial charge in [-0.25, -0.2) is 4.79 Å². The minimum atomic E-state index is -0.527. The fourth-order valence-corrected chi connectivity index (χ4v) is 2.51. The van der Waals surface area contributed by atoms with E-state index in [9.17, 15) is 9.59 Å². The Balaban J connectivity index is 2.01. The zero-order valence-corrected chi connectivity index (χ0v) is 13.9. The van der Waals surface area contributed by atoms with Crippen molar-refractivity contribution >= 4 is 23.7 Å². The van der Waals surface area contributed by atoms with Gasteiger partial charge in [0, 0.05) is 6.04 Å². The van der Waals surface area contributed by atoms with Crippen molar-refractivity contribution in [2.75, 3.05) is 0 Å². The lowest BCUT2D eigenvalue weighted by Crippen LogP contribution is -2.45. The second-order valence-corrected chi connectivity index (χ2v) is 6.39. The molecule has 3 amide bonds. The molecular weight excluding hydrogens is 316 g/mol. The molecule has 1 aromatic carbocycles. The summed E-state index contributed by atoms with van der Waals surface area (Å²) in [6.07, 6.45) is 0. The molecule has 0 fully saturated rings. The van der Waals surface area contributed by atoms with Crippen LogP contribution < -0.4 is 10.6 Å². The highest BCUT2D eigenvalue weighted by Gasteiger charge is 2.21. The first kappa shape index (κ1) is 16.9. The van der Waals surface area contributed by atoms with Gasteiger partial charge in [-0.15, -0.1) is 5.10 Å². The molecule has 23 heavy (non-hydrogen) atoms. The lowest BCUT2D eigenvalue weighted by Gasteiger charge is -2.13. The maximum atomic E-state index is 12.0. The zero-order valence-electron chi connectivity index (χ0n) is 13.1. The smallest absolute Gasteiger partial charge is 0.321 e. The summed E-state index contributed by atoms with van der Waals surface area (Å²) in [5.41, 5.74) is 0.796. The molecule has 1 heterocycles. The number of benzene rings is 1. The molecule has 0 saturated heterocycles. The highest BCUT2D eigenvalue weighted by Crippen LogP contribution is 2.22. The summed E-state index contributed by atoms with van der Waals surface area (Å²) in [5.74, 6) is -0.407. The predicted octanol–water partition coefficient (Wildman–Crippen LogP) is 1.38. The molecule has 0 spiro atoms. The first-order chi connectivity index (χ1) is 11.0. The van der Waals surface area contributed by atoms with Crippen LogP contribution in [0.4, 0.5) is 4.79 Å². The zero-order chi connectivity index (χ0) is 16.8. The molecule has 2 rings (SSSR count). The molecule has 2 N–H and O–H groups in total. The number of urea groups is 1. The van der Waals surface area contributed by atoms with Crippen LogP contribution >= 0.6 is 11.8 Å². The molecule has 0 bridgehead atoms. The number of hydrogen-bond donors (Lipinski definition) is 2. The van der Waals surface area contributed by atoms with Gasteiger partial charge in [-0.1, -0.05) is 30.0 Å². The average Bonchev–Trinajstić information content (AvgIpc) is 2.95. The van der Waals surface area contributed by atoms with Gasteiger partial charge in [-0.2, -0.15) is 4.68 Å². The molecule has 9 heteroatoms. The van der Waals surface area contributed by atoms with E-state index in [1.807, 2.05) is 44.2 Å². The Morgan fingerprint density at radius 2 is 1.87 bits per heavy atom. The summed E-state index contributed by atoms with van der Waals surface area (Å²) in [6.45, 7) is 5.32. The third-order valence-corrected chi connectivity index (χ3v) is 3.78. The van der Waals surface area contributed by atoms with Crippen molar-refractivity contribution in [3.63, 3.8) is 0 Å². The van der Waals surface area contributed by atoms with Crippen molar-refractivity contribution in [2.24, 2.45) is 0 Å². The van der Waals surface area contributed by atoms with Crippen LogP contribution in [-0.2, 0) is 4.79 Å². The summed E-state index contributed by atoms with van der Waals surface area (Å²) < 4.78 is 1.54. The third kappa shape index (κ3) is 4.78. The molecule has 0 aliphatic heterocycles. The van der Waals surface area contributed by atoms with E-state index in [0.29, 0.717) is 5.16 Å². The van der Waals surface area contributed by atoms with Crippen LogP contribution in [-0.4, -0.2) is 43.4 Å². The number of rotatable bonds is 5. The number of carbonyl (C=O) groups is 2. The standard InChI is InChI=1S/C14H18N6O2S/c1-9(2)15-13(22)16-12(21)10(3)23-14-17-18-19-20(14)11-7-5-4-6-8-11/h4-10H,1-3H3,(H2,15,16,21,22)/t10-/m1/s1. The van der Waals surface area contributed by atoms with E-state index >= 15 is 0 Å². The molecule has 0 saturated carbocycles. The van der Waals surface area contributed by atoms with Gasteiger partial charge in [-0.05, 0) is 43.3 Å². The van der Waals surface area contributed by atoms with Gasteiger partial charge in [0.05, 0.1) is 10.9 Å². The Hall–Kier alpha value is -2.42. The van der Waals surface area contributed by atoms with E-state index in [1.165, 1.54) is 11.8 Å². The third-order valence-electron chi connectivity index (χ3n) is 2.75. The van der Waals surface area contributed by atoms with Crippen LogP contribution in [0.1, 0.15) is 20.8 Å². The minimum absolute atomic E-state index is 0.0452. The monoisotopic (exact) mass is 334 g/mol. The van der Waals surface area contributed by atoms with Crippen molar-refractivity contribution < 1.29 is 9.59 Å². The first-order valence-electron chi connectivity index (χ1n) is 7.09. The fraction of sp³-hybridized carbons (Fsp3) is 0.357. The predicted molar refractivity (Wildman–Crippen MR) is 86.3 cm³/mol. The highest BCUT2D eigenvalue weighted by atomic mass is 32.2. The Kier molecular flexibility index (Phi) is 5.69. The average molecular weight is 334 g/mol. The largest absolute Gasteiger partial charge is 0.336 e. The van der Waals surface area contributed by atoms with Gasteiger partial charge >= 0.3 is 6.03 Å². The summed E-state index contributed by atoms with van der Waals surface area (Å²) in [5, 5.41) is 16.3. The first-order valence-corrected chi connectivity index (χ1v) is 7.97. The summed E-state index contributed by atoms with van der Waals surface area (Å²) in [7, 11) is 0. The maximum Gasteiger partial charge on any atom is 0.321 e. The quantitative estimate of drug-likeness (QED) is 0.801. The van der Waals surface area contributed by atoms with Crippen LogP contribution in [0.2, 0.25) is 0 Å². The molecular formula is C14H18N6O2S. The van der Waals surface area contributed by atoms with Gasteiger partial charge in [0.25, 0.3) is 0 Å². The van der Waals surface area contributed by atoms with Gasteiger partial charge in [0.2, 0.25) is 11.1 Å². The molecule has 8 nitrogen and oxygen atoms in total. The van der Waals surface area contributed by atoms with E-state index in [0.717, 1.165) is 5.69 Å². The summed E-state index contributed by atoms with van der Waals surface area (Å²) in [4.78, 5) is 23.6. The molecule has 1 atom stereocenters. The van der Waals surface area contributed by atoms with Crippen molar-refractivity contribution in [2.45, 2.75) is 37.2 Å². The number of imide groups is 1. The SMILES string of the molecule is CC(C)NC(=O)NC(=O)[C@@H](C)Sc1nnnn1-c1ccccc1. The van der Waals surface area contributed by atoms with Crippen molar-refractivity contribution in [1.82, 2.24) is 30.8 Å². The summed E-state index contributed by atoms with van der Waals surface area (Å²) in [6, 6.07) is 8.80. The number of tetrazole rings is 1. The Morgan fingerprint density at radius 3 is 2.52 bits per heavy atom. The van der Waals surface area contributed by atoms with Gasteiger partial charge in [-0.3, -0.25) is 10.1 Å². The van der Waals surface area contributed by atoms with Crippen LogP contribution in [0.3, 0.4) is 0 Å². The van der Waals surface area contributed by atoms with Crippen LogP contribution in [0.15, 0.2) is 35.5 Å². The van der Waals surface area contributed by atoms with E-state index < -0.39 is 17.2 Å². The molecule has 2 aromatic rings. The van der Waals surface area contributed by atoms with Crippen LogP contribution in [0, 0.1) is 0 Å². The molecule has 0 unspecified atom stereocenters. The molecule has 0 radical (unpaired) electrons. The number of nitrogens with zero attached hydrogens (tertiary/aromatic N) is 4. The number of para-hydroxylation sites is 1. The highest BCUT2D eigenvalue weighted by molar-refractivity contribution is 8.00. The normalized spacial score (nSPS) is 12.0. The molecule has 1 aromatic heterocycles. The van der Waals surface area contributed by atoms with Gasteiger partial charge in [0.15, 0.2) is 0 Å². The van der Waals surface area contributed by atoms with Crippen LogP contribution in [0.25, 0.3) is 5.69 Å². The van der Waals surface area contributed by atoms with Crippen molar-refractivity contribution in [3.05, 3.63) is 30.3 Å². The number of thioether (sulfide) groups is 1. The lowest BCUT2D eigenvalue weighted by molar-refractivity contribution is -0.119. The number of hydrogen-bond acceptors (Lipinski definition) is 6. The van der Waals surface area contributed by atoms with E-state index in [1.54, 1.807) is 11.6 Å². The molecule has 122 valence electrons.